The summed E-state index contributed by atoms with van der Waals surface area (Å²) in [7, 11) is -2.42. The van der Waals surface area contributed by atoms with E-state index in [0.717, 1.165) is 17.2 Å². The Labute approximate surface area is 165 Å². The van der Waals surface area contributed by atoms with E-state index in [9.17, 15) is 12.8 Å². The SMILES string of the molecule is COc1ccc(N(Cc2cccc(C)c2)S(=O)(=O)c2ccc(C)c(F)c2)cc1. The van der Waals surface area contributed by atoms with Crippen molar-refractivity contribution in [1.29, 1.82) is 0 Å². The lowest BCUT2D eigenvalue weighted by Gasteiger charge is -2.25. The highest BCUT2D eigenvalue weighted by Crippen LogP contribution is 2.28. The van der Waals surface area contributed by atoms with Gasteiger partial charge in [-0.05, 0) is 61.4 Å². The minimum Gasteiger partial charge on any atom is -0.497 e. The molecular formula is C22H22FNO3S. The van der Waals surface area contributed by atoms with E-state index >= 15 is 0 Å². The average molecular weight is 399 g/mol. The van der Waals surface area contributed by atoms with Crippen LogP contribution < -0.4 is 9.04 Å². The summed E-state index contributed by atoms with van der Waals surface area (Å²) in [5.74, 6) is 0.0735. The lowest BCUT2D eigenvalue weighted by Crippen LogP contribution is -2.30. The van der Waals surface area contributed by atoms with E-state index in [0.29, 0.717) is 17.0 Å². The summed E-state index contributed by atoms with van der Waals surface area (Å²) in [4.78, 5) is -0.0842. The molecule has 3 aromatic rings. The highest BCUT2D eigenvalue weighted by atomic mass is 32.2. The van der Waals surface area contributed by atoms with Crippen molar-refractivity contribution in [3.8, 4) is 5.75 Å². The van der Waals surface area contributed by atoms with Crippen molar-refractivity contribution in [1.82, 2.24) is 0 Å². The van der Waals surface area contributed by atoms with Gasteiger partial charge in [-0.1, -0.05) is 35.9 Å². The van der Waals surface area contributed by atoms with Gasteiger partial charge in [0.15, 0.2) is 0 Å². The van der Waals surface area contributed by atoms with E-state index < -0.39 is 15.8 Å². The maximum Gasteiger partial charge on any atom is 0.264 e. The molecule has 0 bridgehead atoms. The Balaban J connectivity index is 2.09. The van der Waals surface area contributed by atoms with Crippen molar-refractivity contribution >= 4 is 15.7 Å². The average Bonchev–Trinajstić information content (AvgIpc) is 2.68. The zero-order valence-corrected chi connectivity index (χ0v) is 16.8. The zero-order chi connectivity index (χ0) is 20.3. The molecule has 3 aromatic carbocycles. The fraction of sp³-hybridized carbons (Fsp3) is 0.182. The van der Waals surface area contributed by atoms with Gasteiger partial charge in [0.1, 0.15) is 11.6 Å². The van der Waals surface area contributed by atoms with Crippen LogP contribution in [0, 0.1) is 19.7 Å². The van der Waals surface area contributed by atoms with E-state index in [1.54, 1.807) is 38.3 Å². The van der Waals surface area contributed by atoms with Gasteiger partial charge in [0.25, 0.3) is 10.0 Å². The Kier molecular flexibility index (Phi) is 5.70. The fourth-order valence-electron chi connectivity index (χ4n) is 2.90. The molecule has 146 valence electrons. The number of anilines is 1. The van der Waals surface area contributed by atoms with Crippen LogP contribution in [0.2, 0.25) is 0 Å². The molecule has 0 aliphatic heterocycles. The molecule has 0 amide bonds. The first-order valence-electron chi connectivity index (χ1n) is 8.80. The van der Waals surface area contributed by atoms with Gasteiger partial charge in [-0.25, -0.2) is 12.8 Å². The quantitative estimate of drug-likeness (QED) is 0.595. The lowest BCUT2D eigenvalue weighted by atomic mass is 10.1. The number of hydrogen-bond acceptors (Lipinski definition) is 3. The smallest absolute Gasteiger partial charge is 0.264 e. The maximum atomic E-state index is 14.1. The molecule has 0 N–H and O–H groups in total. The van der Waals surface area contributed by atoms with Gasteiger partial charge in [0, 0.05) is 0 Å². The van der Waals surface area contributed by atoms with Crippen molar-refractivity contribution in [2.24, 2.45) is 0 Å². The highest BCUT2D eigenvalue weighted by molar-refractivity contribution is 7.92. The topological polar surface area (TPSA) is 46.6 Å². The molecule has 0 aromatic heterocycles. The largest absolute Gasteiger partial charge is 0.497 e. The van der Waals surface area contributed by atoms with Gasteiger partial charge in [-0.2, -0.15) is 0 Å². The van der Waals surface area contributed by atoms with E-state index in [1.807, 2.05) is 31.2 Å². The third-order valence-electron chi connectivity index (χ3n) is 4.50. The second-order valence-electron chi connectivity index (χ2n) is 6.61. The number of halogens is 1. The van der Waals surface area contributed by atoms with Gasteiger partial charge in [-0.15, -0.1) is 0 Å². The first-order chi connectivity index (χ1) is 13.3. The molecule has 0 atom stereocenters. The number of hydrogen-bond donors (Lipinski definition) is 0. The maximum absolute atomic E-state index is 14.1. The molecular weight excluding hydrogens is 377 g/mol. The molecule has 0 spiro atoms. The summed E-state index contributed by atoms with van der Waals surface area (Å²) in [6.07, 6.45) is 0. The number of methoxy groups -OCH3 is 1. The Morgan fingerprint density at radius 2 is 1.68 bits per heavy atom. The minimum absolute atomic E-state index is 0.0842. The minimum atomic E-state index is -3.97. The molecule has 6 heteroatoms. The van der Waals surface area contributed by atoms with Gasteiger partial charge in [0.05, 0.1) is 24.2 Å². The lowest BCUT2D eigenvalue weighted by molar-refractivity contribution is 0.415. The molecule has 0 aliphatic carbocycles. The van der Waals surface area contributed by atoms with E-state index in [-0.39, 0.29) is 11.4 Å². The Bertz CT molecular complexity index is 1080. The van der Waals surface area contributed by atoms with Crippen LogP contribution in [0.15, 0.2) is 71.6 Å². The first-order valence-corrected chi connectivity index (χ1v) is 10.2. The molecule has 3 rings (SSSR count). The van der Waals surface area contributed by atoms with Crippen LogP contribution in [0.5, 0.6) is 5.75 Å². The highest BCUT2D eigenvalue weighted by Gasteiger charge is 2.26. The Morgan fingerprint density at radius 1 is 0.964 bits per heavy atom. The molecule has 0 saturated heterocycles. The van der Waals surface area contributed by atoms with E-state index in [4.69, 9.17) is 4.74 Å². The predicted octanol–water partition coefficient (Wildman–Crippen LogP) is 4.85. The third kappa shape index (κ3) is 4.17. The molecule has 28 heavy (non-hydrogen) atoms. The number of sulfonamides is 1. The predicted molar refractivity (Wildman–Crippen MR) is 109 cm³/mol. The number of rotatable bonds is 6. The van der Waals surface area contributed by atoms with Gasteiger partial charge in [-0.3, -0.25) is 4.31 Å². The summed E-state index contributed by atoms with van der Waals surface area (Å²) >= 11 is 0. The zero-order valence-electron chi connectivity index (χ0n) is 16.0. The molecule has 4 nitrogen and oxygen atoms in total. The van der Waals surface area contributed by atoms with Crippen LogP contribution >= 0.6 is 0 Å². The van der Waals surface area contributed by atoms with Crippen molar-refractivity contribution in [3.05, 3.63) is 89.2 Å². The monoisotopic (exact) mass is 399 g/mol. The van der Waals surface area contributed by atoms with E-state index in [2.05, 4.69) is 0 Å². The number of nitrogens with zero attached hydrogens (tertiary/aromatic N) is 1. The summed E-state index contributed by atoms with van der Waals surface area (Å²) in [5, 5.41) is 0. The van der Waals surface area contributed by atoms with Gasteiger partial charge >= 0.3 is 0 Å². The molecule has 0 fully saturated rings. The molecule has 0 radical (unpaired) electrons. The summed E-state index contributed by atoms with van der Waals surface area (Å²) in [6.45, 7) is 3.68. The number of aryl methyl sites for hydroxylation is 2. The number of benzene rings is 3. The molecule has 0 unspecified atom stereocenters. The van der Waals surface area contributed by atoms with E-state index in [1.165, 1.54) is 16.4 Å². The van der Waals surface area contributed by atoms with Crippen LogP contribution in [-0.4, -0.2) is 15.5 Å². The summed E-state index contributed by atoms with van der Waals surface area (Å²) in [6, 6.07) is 18.4. The van der Waals surface area contributed by atoms with Crippen molar-refractivity contribution in [2.45, 2.75) is 25.3 Å². The second kappa shape index (κ2) is 8.02. The van der Waals surface area contributed by atoms with Crippen LogP contribution in [0.3, 0.4) is 0 Å². The Hall–Kier alpha value is -2.86. The Morgan fingerprint density at radius 3 is 2.29 bits per heavy atom. The molecule has 0 aliphatic rings. The molecule has 0 heterocycles. The van der Waals surface area contributed by atoms with Crippen LogP contribution in [0.1, 0.15) is 16.7 Å². The van der Waals surface area contributed by atoms with Crippen LogP contribution in [0.25, 0.3) is 0 Å². The van der Waals surface area contributed by atoms with Crippen molar-refractivity contribution in [3.63, 3.8) is 0 Å². The van der Waals surface area contributed by atoms with Crippen molar-refractivity contribution < 1.29 is 17.5 Å². The fourth-order valence-corrected chi connectivity index (χ4v) is 4.37. The molecule has 0 saturated carbocycles. The third-order valence-corrected chi connectivity index (χ3v) is 6.27. The van der Waals surface area contributed by atoms with Crippen LogP contribution in [0.4, 0.5) is 10.1 Å². The van der Waals surface area contributed by atoms with Crippen LogP contribution in [-0.2, 0) is 16.6 Å². The summed E-state index contributed by atoms with van der Waals surface area (Å²) in [5.41, 5.74) is 2.75. The van der Waals surface area contributed by atoms with Gasteiger partial charge < -0.3 is 4.74 Å². The van der Waals surface area contributed by atoms with Crippen molar-refractivity contribution in [2.75, 3.05) is 11.4 Å². The standard InChI is InChI=1S/C22H22FNO3S/c1-16-5-4-6-18(13-16)15-24(19-8-10-20(27-3)11-9-19)28(25,26)21-12-7-17(2)22(23)14-21/h4-14H,15H2,1-3H3. The number of ether oxygens (including phenoxy) is 1. The first kappa shape index (κ1) is 19.9. The second-order valence-corrected chi connectivity index (χ2v) is 8.47. The normalized spacial score (nSPS) is 11.3. The van der Waals surface area contributed by atoms with Gasteiger partial charge in [0.2, 0.25) is 0 Å². The summed E-state index contributed by atoms with van der Waals surface area (Å²) < 4.78 is 47.2.